The van der Waals surface area contributed by atoms with Crippen molar-refractivity contribution < 1.29 is 8.83 Å². The minimum Gasteiger partial charge on any atom is -0.454 e. The monoisotopic (exact) mass is 533 g/mol. The Hall–Kier alpha value is -4.64. The Morgan fingerprint density at radius 3 is 1.93 bits per heavy atom. The minimum absolute atomic E-state index is 0.750. The number of rotatable bonds is 4. The van der Waals surface area contributed by atoms with Crippen LogP contribution in [0.3, 0.4) is 0 Å². The first-order valence-electron chi connectivity index (χ1n) is 14.7. The van der Waals surface area contributed by atoms with Gasteiger partial charge in [0.15, 0.2) is 11.2 Å². The largest absolute Gasteiger partial charge is 0.454 e. The Morgan fingerprint density at radius 2 is 1.20 bits per heavy atom. The highest BCUT2D eigenvalue weighted by Crippen LogP contribution is 2.69. The standard InChI is InChI=1S/C36H27N3O2/c1-3-31-35(37-13-1)26-11-9-25(19-33(26)41-31)39(24-10-12-30-29(18-24)36-32(40-30)4-2-14-38-36)23-7-5-20(6-8-23)34-27-16-21-15-22(27)17-28(21)34/h1-14,18-19,21-22,27-28,34H,15-17H2. The molecule has 4 fully saturated rings. The number of furan rings is 2. The lowest BCUT2D eigenvalue weighted by atomic mass is 9.83. The summed E-state index contributed by atoms with van der Waals surface area (Å²) in [5.74, 6) is 4.50. The number of benzene rings is 3. The summed E-state index contributed by atoms with van der Waals surface area (Å²) < 4.78 is 12.3. The van der Waals surface area contributed by atoms with Crippen molar-refractivity contribution >= 4 is 61.2 Å². The Labute approximate surface area is 236 Å². The van der Waals surface area contributed by atoms with Crippen LogP contribution in [0.25, 0.3) is 44.1 Å². The van der Waals surface area contributed by atoms with Gasteiger partial charge >= 0.3 is 0 Å². The van der Waals surface area contributed by atoms with Gasteiger partial charge in [-0.25, -0.2) is 0 Å². The van der Waals surface area contributed by atoms with Crippen molar-refractivity contribution in [2.75, 3.05) is 4.90 Å². The molecule has 4 unspecified atom stereocenters. The molecule has 4 heterocycles. The van der Waals surface area contributed by atoms with E-state index in [1.807, 2.05) is 36.7 Å². The van der Waals surface area contributed by atoms with E-state index in [9.17, 15) is 0 Å². The molecule has 0 radical (unpaired) electrons. The maximum atomic E-state index is 6.25. The van der Waals surface area contributed by atoms with Crippen LogP contribution in [0.2, 0.25) is 0 Å². The zero-order chi connectivity index (χ0) is 26.7. The van der Waals surface area contributed by atoms with Gasteiger partial charge in [0.05, 0.1) is 0 Å². The minimum atomic E-state index is 0.750. The summed E-state index contributed by atoms with van der Waals surface area (Å²) >= 11 is 0. The van der Waals surface area contributed by atoms with Crippen LogP contribution >= 0.6 is 0 Å². The van der Waals surface area contributed by atoms with Crippen LogP contribution in [0.15, 0.2) is 106 Å². The number of pyridine rings is 2. The zero-order valence-corrected chi connectivity index (χ0v) is 22.4. The molecule has 3 aromatic carbocycles. The molecule has 0 aliphatic heterocycles. The number of nitrogens with zero attached hydrogens (tertiary/aromatic N) is 3. The molecule has 0 N–H and O–H groups in total. The molecule has 41 heavy (non-hydrogen) atoms. The number of hydrogen-bond donors (Lipinski definition) is 0. The maximum absolute atomic E-state index is 6.25. The summed E-state index contributed by atoms with van der Waals surface area (Å²) in [6.07, 6.45) is 8.03. The van der Waals surface area contributed by atoms with E-state index in [2.05, 4.69) is 75.5 Å². The van der Waals surface area contributed by atoms with Gasteiger partial charge in [-0.1, -0.05) is 12.1 Å². The molecule has 4 atom stereocenters. The van der Waals surface area contributed by atoms with Crippen LogP contribution in [-0.4, -0.2) is 9.97 Å². The maximum Gasteiger partial charge on any atom is 0.153 e. The lowest BCUT2D eigenvalue weighted by Gasteiger charge is -2.27. The lowest BCUT2D eigenvalue weighted by Crippen LogP contribution is -2.13. The van der Waals surface area contributed by atoms with Gasteiger partial charge in [0.1, 0.15) is 22.2 Å². The predicted molar refractivity (Wildman–Crippen MR) is 162 cm³/mol. The van der Waals surface area contributed by atoms with E-state index in [0.717, 1.165) is 90.8 Å². The third-order valence-electron chi connectivity index (χ3n) is 10.4. The molecular formula is C36H27N3O2. The average Bonchev–Trinajstić information content (AvgIpc) is 3.85. The van der Waals surface area contributed by atoms with Gasteiger partial charge in [0, 0.05) is 46.3 Å². The average molecular weight is 534 g/mol. The molecule has 198 valence electrons. The highest BCUT2D eigenvalue weighted by atomic mass is 16.3. The van der Waals surface area contributed by atoms with Crippen LogP contribution in [0.4, 0.5) is 17.1 Å². The molecule has 4 aliphatic carbocycles. The molecule has 4 bridgehead atoms. The molecule has 7 aromatic rings. The van der Waals surface area contributed by atoms with E-state index < -0.39 is 0 Å². The number of anilines is 3. The molecular weight excluding hydrogens is 506 g/mol. The summed E-state index contributed by atoms with van der Waals surface area (Å²) in [5.41, 5.74) is 9.78. The van der Waals surface area contributed by atoms with Crippen molar-refractivity contribution in [2.24, 2.45) is 23.7 Å². The van der Waals surface area contributed by atoms with E-state index >= 15 is 0 Å². The summed E-state index contributed by atoms with van der Waals surface area (Å²) in [5, 5.41) is 2.03. The lowest BCUT2D eigenvalue weighted by molar-refractivity contribution is 0.398. The van der Waals surface area contributed by atoms with E-state index in [1.165, 1.54) is 24.8 Å². The highest BCUT2D eigenvalue weighted by Gasteiger charge is 2.59. The van der Waals surface area contributed by atoms with Gasteiger partial charge in [-0.15, -0.1) is 0 Å². The fraction of sp³-hybridized carbons (Fsp3) is 0.222. The van der Waals surface area contributed by atoms with Gasteiger partial charge in [-0.2, -0.15) is 0 Å². The van der Waals surface area contributed by atoms with Crippen LogP contribution in [0, 0.1) is 23.7 Å². The molecule has 11 rings (SSSR count). The second-order valence-electron chi connectivity index (χ2n) is 12.3. The van der Waals surface area contributed by atoms with Gasteiger partial charge in [0.2, 0.25) is 0 Å². The van der Waals surface area contributed by atoms with Crippen LogP contribution in [0.1, 0.15) is 30.7 Å². The van der Waals surface area contributed by atoms with Crippen molar-refractivity contribution in [3.63, 3.8) is 0 Å². The second-order valence-corrected chi connectivity index (χ2v) is 12.3. The van der Waals surface area contributed by atoms with Crippen molar-refractivity contribution in [3.05, 3.63) is 103 Å². The number of aromatic nitrogens is 2. The molecule has 0 amide bonds. The molecule has 4 saturated carbocycles. The van der Waals surface area contributed by atoms with Crippen molar-refractivity contribution in [2.45, 2.75) is 25.2 Å². The van der Waals surface area contributed by atoms with E-state index in [4.69, 9.17) is 8.83 Å². The first kappa shape index (κ1) is 22.1. The van der Waals surface area contributed by atoms with Gasteiger partial charge < -0.3 is 13.7 Å². The van der Waals surface area contributed by atoms with Crippen LogP contribution < -0.4 is 4.90 Å². The summed E-state index contributed by atoms with van der Waals surface area (Å²) in [6.45, 7) is 0. The molecule has 5 heteroatoms. The molecule has 4 aliphatic rings. The van der Waals surface area contributed by atoms with E-state index in [0.29, 0.717) is 0 Å². The third kappa shape index (κ3) is 3.06. The molecule has 5 nitrogen and oxygen atoms in total. The zero-order valence-electron chi connectivity index (χ0n) is 22.4. The van der Waals surface area contributed by atoms with Crippen LogP contribution in [0.5, 0.6) is 0 Å². The van der Waals surface area contributed by atoms with Crippen molar-refractivity contribution in [3.8, 4) is 0 Å². The fourth-order valence-electron chi connectivity index (χ4n) is 8.80. The predicted octanol–water partition coefficient (Wildman–Crippen LogP) is 9.50. The Morgan fingerprint density at radius 1 is 0.561 bits per heavy atom. The Bertz CT molecular complexity index is 2130. The van der Waals surface area contributed by atoms with Crippen molar-refractivity contribution in [1.82, 2.24) is 9.97 Å². The third-order valence-corrected chi connectivity index (χ3v) is 10.4. The SMILES string of the molecule is c1cnc2c(c1)oc1cc(N(c3ccc(C4C5CC6CC5CC64)cc3)c3ccc4oc5cccnc5c4c3)ccc12. The Kier molecular flexibility index (Phi) is 4.30. The summed E-state index contributed by atoms with van der Waals surface area (Å²) in [7, 11) is 0. The first-order valence-corrected chi connectivity index (χ1v) is 14.7. The van der Waals surface area contributed by atoms with Gasteiger partial charge in [-0.05, 0) is 121 Å². The van der Waals surface area contributed by atoms with E-state index in [-0.39, 0.29) is 0 Å². The fourth-order valence-corrected chi connectivity index (χ4v) is 8.80. The van der Waals surface area contributed by atoms with Gasteiger partial charge in [-0.3, -0.25) is 9.97 Å². The Balaban J connectivity index is 1.13. The molecule has 0 saturated heterocycles. The van der Waals surface area contributed by atoms with Gasteiger partial charge in [0.25, 0.3) is 0 Å². The summed E-state index contributed by atoms with van der Waals surface area (Å²) in [6, 6.07) is 30.0. The smallest absolute Gasteiger partial charge is 0.153 e. The first-order chi connectivity index (χ1) is 20.3. The van der Waals surface area contributed by atoms with Crippen molar-refractivity contribution in [1.29, 1.82) is 0 Å². The summed E-state index contributed by atoms with van der Waals surface area (Å²) in [4.78, 5) is 11.5. The molecule has 0 spiro atoms. The quantitative estimate of drug-likeness (QED) is 0.225. The normalized spacial score (nSPS) is 24.5. The number of fused-ring (bicyclic) bond motifs is 6. The topological polar surface area (TPSA) is 55.3 Å². The van der Waals surface area contributed by atoms with Crippen LogP contribution in [-0.2, 0) is 0 Å². The second kappa shape index (κ2) is 7.97. The highest BCUT2D eigenvalue weighted by molar-refractivity contribution is 6.05. The van der Waals surface area contributed by atoms with E-state index in [1.54, 1.807) is 0 Å². The number of hydrogen-bond acceptors (Lipinski definition) is 5. The molecule has 4 aromatic heterocycles.